The van der Waals surface area contributed by atoms with Gasteiger partial charge in [-0.2, -0.15) is 5.26 Å². The number of likely N-dealkylation sites (N-methyl/N-ethyl adjacent to an activating group) is 2. The molecule has 1 aromatic heterocycles. The highest BCUT2D eigenvalue weighted by atomic mass is 19.2. The van der Waals surface area contributed by atoms with Gasteiger partial charge in [-0.3, -0.25) is 9.69 Å². The zero-order valence-electron chi connectivity index (χ0n) is 17.2. The first kappa shape index (κ1) is 21.4. The summed E-state index contributed by atoms with van der Waals surface area (Å²) < 4.78 is 41.4. The zero-order chi connectivity index (χ0) is 23.2. The number of H-pyrrole nitrogens is 1. The molecule has 2 heterocycles. The molecule has 164 valence electrons. The number of amides is 2. The molecule has 1 aliphatic rings. The van der Waals surface area contributed by atoms with Gasteiger partial charge in [0.05, 0.1) is 17.0 Å². The number of nitrogens with one attached hydrogen (secondary N) is 2. The van der Waals surface area contributed by atoms with Crippen LogP contribution in [0, 0.1) is 28.8 Å². The SMILES string of the molecule is CN1Cc2[nH]c(=O)c3cc(F)c(F)cc3c2C(N(C)C(=O)Nc2ccc(F)c(C#N)c2)C1. The van der Waals surface area contributed by atoms with Crippen LogP contribution < -0.4 is 10.9 Å². The van der Waals surface area contributed by atoms with E-state index in [1.54, 1.807) is 13.1 Å². The van der Waals surface area contributed by atoms with Crippen molar-refractivity contribution in [2.75, 3.05) is 26.0 Å². The first-order chi connectivity index (χ1) is 15.2. The van der Waals surface area contributed by atoms with E-state index >= 15 is 0 Å². The number of benzene rings is 2. The number of nitrogens with zero attached hydrogens (tertiary/aromatic N) is 3. The average molecular weight is 441 g/mol. The van der Waals surface area contributed by atoms with Crippen molar-refractivity contribution in [3.05, 3.63) is 75.0 Å². The number of rotatable bonds is 2. The monoisotopic (exact) mass is 441 g/mol. The predicted octanol–water partition coefficient (Wildman–Crippen LogP) is 3.47. The molecule has 32 heavy (non-hydrogen) atoms. The quantitative estimate of drug-likeness (QED) is 0.637. The predicted molar refractivity (Wildman–Crippen MR) is 111 cm³/mol. The van der Waals surface area contributed by atoms with Crippen LogP contribution in [0.4, 0.5) is 23.7 Å². The summed E-state index contributed by atoms with van der Waals surface area (Å²) in [6, 6.07) is 5.98. The molecule has 0 aliphatic carbocycles. The van der Waals surface area contributed by atoms with E-state index < -0.39 is 35.1 Å². The molecule has 2 amide bonds. The van der Waals surface area contributed by atoms with Gasteiger partial charge in [-0.25, -0.2) is 18.0 Å². The second kappa shape index (κ2) is 8.01. The summed E-state index contributed by atoms with van der Waals surface area (Å²) in [7, 11) is 3.32. The topological polar surface area (TPSA) is 92.2 Å². The second-order valence-corrected chi connectivity index (χ2v) is 7.72. The second-order valence-electron chi connectivity index (χ2n) is 7.72. The van der Waals surface area contributed by atoms with E-state index in [2.05, 4.69) is 10.3 Å². The van der Waals surface area contributed by atoms with Crippen molar-refractivity contribution in [1.29, 1.82) is 5.26 Å². The molecule has 0 bridgehead atoms. The lowest BCUT2D eigenvalue weighted by Crippen LogP contribution is -2.44. The molecular formula is C22H18F3N5O2. The Hall–Kier alpha value is -3.84. The Balaban J connectivity index is 1.76. The third-order valence-corrected chi connectivity index (χ3v) is 5.56. The summed E-state index contributed by atoms with van der Waals surface area (Å²) in [5, 5.41) is 11.8. The lowest BCUT2D eigenvalue weighted by Gasteiger charge is -2.38. The van der Waals surface area contributed by atoms with E-state index in [1.807, 2.05) is 4.90 Å². The fourth-order valence-electron chi connectivity index (χ4n) is 3.98. The van der Waals surface area contributed by atoms with Crippen LogP contribution >= 0.6 is 0 Å². The van der Waals surface area contributed by atoms with E-state index in [4.69, 9.17) is 5.26 Å². The summed E-state index contributed by atoms with van der Waals surface area (Å²) in [6.07, 6.45) is 0. The molecule has 0 saturated heterocycles. The molecule has 4 rings (SSSR count). The number of hydrogen-bond donors (Lipinski definition) is 2. The van der Waals surface area contributed by atoms with Gasteiger partial charge in [-0.1, -0.05) is 0 Å². The Morgan fingerprint density at radius 3 is 2.56 bits per heavy atom. The Kier molecular flexibility index (Phi) is 5.36. The maximum Gasteiger partial charge on any atom is 0.322 e. The number of pyridine rings is 1. The third kappa shape index (κ3) is 3.67. The van der Waals surface area contributed by atoms with E-state index in [-0.39, 0.29) is 22.0 Å². The van der Waals surface area contributed by atoms with Gasteiger partial charge >= 0.3 is 6.03 Å². The Morgan fingerprint density at radius 2 is 1.88 bits per heavy atom. The van der Waals surface area contributed by atoms with Gasteiger partial charge in [-0.05, 0) is 42.8 Å². The van der Waals surface area contributed by atoms with Crippen molar-refractivity contribution in [2.24, 2.45) is 0 Å². The Bertz CT molecular complexity index is 1350. The van der Waals surface area contributed by atoms with Crippen LogP contribution in [-0.4, -0.2) is 41.5 Å². The van der Waals surface area contributed by atoms with Gasteiger partial charge in [0.1, 0.15) is 11.9 Å². The number of aromatic amines is 1. The lowest BCUT2D eigenvalue weighted by atomic mass is 9.93. The lowest BCUT2D eigenvalue weighted by molar-refractivity contribution is 0.167. The molecule has 0 saturated carbocycles. The molecule has 0 fully saturated rings. The third-order valence-electron chi connectivity index (χ3n) is 5.56. The maximum atomic E-state index is 14.1. The Labute approximate surface area is 180 Å². The molecule has 7 nitrogen and oxygen atoms in total. The summed E-state index contributed by atoms with van der Waals surface area (Å²) >= 11 is 0. The number of carbonyl (C=O) groups excluding carboxylic acids is 1. The molecule has 10 heteroatoms. The Morgan fingerprint density at radius 1 is 1.19 bits per heavy atom. The molecule has 2 N–H and O–H groups in total. The van der Waals surface area contributed by atoms with Crippen molar-refractivity contribution in [2.45, 2.75) is 12.6 Å². The van der Waals surface area contributed by atoms with Crippen LogP contribution in [0.15, 0.2) is 35.1 Å². The number of carbonyl (C=O) groups is 1. The van der Waals surface area contributed by atoms with Crippen LogP contribution in [0.25, 0.3) is 10.8 Å². The molecule has 0 spiro atoms. The first-order valence-electron chi connectivity index (χ1n) is 9.65. The highest BCUT2D eigenvalue weighted by molar-refractivity contribution is 5.91. The molecule has 2 aromatic carbocycles. The number of anilines is 1. The van der Waals surface area contributed by atoms with Crippen LogP contribution in [0.3, 0.4) is 0 Å². The summed E-state index contributed by atoms with van der Waals surface area (Å²) in [5.74, 6) is -2.93. The van der Waals surface area contributed by atoms with E-state index in [0.717, 1.165) is 18.2 Å². The number of fused-ring (bicyclic) bond motifs is 3. The smallest absolute Gasteiger partial charge is 0.322 e. The molecular weight excluding hydrogens is 423 g/mol. The molecule has 1 unspecified atom stereocenters. The van der Waals surface area contributed by atoms with Crippen molar-refractivity contribution in [1.82, 2.24) is 14.8 Å². The van der Waals surface area contributed by atoms with Crippen LogP contribution in [0.5, 0.6) is 0 Å². The number of halogens is 3. The number of urea groups is 1. The fraction of sp³-hybridized carbons (Fsp3) is 0.227. The van der Waals surface area contributed by atoms with E-state index in [9.17, 15) is 22.8 Å². The van der Waals surface area contributed by atoms with Crippen molar-refractivity contribution < 1.29 is 18.0 Å². The van der Waals surface area contributed by atoms with Crippen molar-refractivity contribution in [3.8, 4) is 6.07 Å². The zero-order valence-corrected chi connectivity index (χ0v) is 17.2. The van der Waals surface area contributed by atoms with Gasteiger partial charge in [0, 0.05) is 37.1 Å². The van der Waals surface area contributed by atoms with E-state index in [1.165, 1.54) is 24.1 Å². The first-order valence-corrected chi connectivity index (χ1v) is 9.65. The molecule has 3 aromatic rings. The minimum absolute atomic E-state index is 0.0109. The standard InChI is InChI=1S/C22H18F3N5O2/c1-29-9-18-20(13-6-16(24)17(25)7-14(13)21(31)28-18)19(10-29)30(2)22(32)27-12-3-4-15(23)11(5-12)8-26/h3-7,19H,9-10H2,1-2H3,(H,27,32)(H,28,31). The van der Waals surface area contributed by atoms with Crippen molar-refractivity contribution >= 4 is 22.5 Å². The maximum absolute atomic E-state index is 14.1. The number of aromatic nitrogens is 1. The summed E-state index contributed by atoms with van der Waals surface area (Å²) in [5.41, 5.74) is 0.485. The van der Waals surface area contributed by atoms with Gasteiger partial charge in [0.25, 0.3) is 5.56 Å². The van der Waals surface area contributed by atoms with Gasteiger partial charge < -0.3 is 15.2 Å². The molecule has 1 atom stereocenters. The van der Waals surface area contributed by atoms with Crippen LogP contribution in [0.2, 0.25) is 0 Å². The summed E-state index contributed by atoms with van der Waals surface area (Å²) in [4.78, 5) is 31.4. The fourth-order valence-corrected chi connectivity index (χ4v) is 3.98. The van der Waals surface area contributed by atoms with Crippen LogP contribution in [0.1, 0.15) is 22.9 Å². The largest absolute Gasteiger partial charge is 0.324 e. The van der Waals surface area contributed by atoms with Crippen molar-refractivity contribution in [3.63, 3.8) is 0 Å². The van der Waals surface area contributed by atoms with Gasteiger partial charge in [0.15, 0.2) is 11.6 Å². The van der Waals surface area contributed by atoms with E-state index in [0.29, 0.717) is 24.3 Å². The summed E-state index contributed by atoms with van der Waals surface area (Å²) in [6.45, 7) is 0.721. The minimum Gasteiger partial charge on any atom is -0.324 e. The number of nitriles is 1. The van der Waals surface area contributed by atoms with Gasteiger partial charge in [0.2, 0.25) is 0 Å². The van der Waals surface area contributed by atoms with Crippen LogP contribution in [-0.2, 0) is 6.54 Å². The normalized spacial score (nSPS) is 15.8. The highest BCUT2D eigenvalue weighted by Crippen LogP contribution is 2.34. The highest BCUT2D eigenvalue weighted by Gasteiger charge is 2.32. The minimum atomic E-state index is -1.14. The molecule has 0 radical (unpaired) electrons. The number of hydrogen-bond acceptors (Lipinski definition) is 4. The van der Waals surface area contributed by atoms with Gasteiger partial charge in [-0.15, -0.1) is 0 Å². The molecule has 1 aliphatic heterocycles. The average Bonchev–Trinajstić information content (AvgIpc) is 2.75.